The molecule has 3 heteroatoms. The molecule has 0 aromatic carbocycles. The Morgan fingerprint density at radius 3 is 2.75 bits per heavy atom. The molecule has 0 aromatic heterocycles. The van der Waals surface area contributed by atoms with Crippen molar-refractivity contribution >= 4 is 0 Å². The topological polar surface area (TPSA) is 18.5 Å². The Balaban J connectivity index is 1.87. The number of hydrogen-bond acceptors (Lipinski definition) is 3. The van der Waals surface area contributed by atoms with Gasteiger partial charge in [0.25, 0.3) is 0 Å². The maximum atomic E-state index is 3.56. The Bertz CT molecular complexity index is 197. The highest BCUT2D eigenvalue weighted by atomic mass is 15.2. The van der Waals surface area contributed by atoms with Gasteiger partial charge in [0.15, 0.2) is 0 Å². The molecule has 2 aliphatic heterocycles. The molecule has 3 unspecified atom stereocenters. The van der Waals surface area contributed by atoms with Crippen molar-refractivity contribution in [3.05, 3.63) is 0 Å². The normalized spacial score (nSPS) is 37.9. The van der Waals surface area contributed by atoms with Gasteiger partial charge in [-0.2, -0.15) is 0 Å². The number of nitrogens with zero attached hydrogens (tertiary/aromatic N) is 2. The van der Waals surface area contributed by atoms with Gasteiger partial charge in [0, 0.05) is 25.2 Å². The van der Waals surface area contributed by atoms with E-state index < -0.39 is 0 Å². The van der Waals surface area contributed by atoms with Crippen LogP contribution in [0.3, 0.4) is 0 Å². The lowest BCUT2D eigenvalue weighted by atomic mass is 9.94. The molecule has 0 bridgehead atoms. The maximum absolute atomic E-state index is 3.56. The van der Waals surface area contributed by atoms with E-state index in [9.17, 15) is 0 Å². The van der Waals surface area contributed by atoms with Gasteiger partial charge in [0.2, 0.25) is 0 Å². The molecule has 16 heavy (non-hydrogen) atoms. The average Bonchev–Trinajstić information content (AvgIpc) is 2.28. The highest BCUT2D eigenvalue weighted by Gasteiger charge is 2.28. The van der Waals surface area contributed by atoms with E-state index in [2.05, 4.69) is 36.1 Å². The lowest BCUT2D eigenvalue weighted by molar-refractivity contribution is 0.0777. The predicted octanol–water partition coefficient (Wildman–Crippen LogP) is 1.01. The summed E-state index contributed by atoms with van der Waals surface area (Å²) in [6, 6.07) is 1.52. The van der Waals surface area contributed by atoms with Gasteiger partial charge in [-0.15, -0.1) is 0 Å². The third-order valence-electron chi connectivity index (χ3n) is 4.30. The molecule has 2 rings (SSSR count). The zero-order valence-electron chi connectivity index (χ0n) is 11.1. The summed E-state index contributed by atoms with van der Waals surface area (Å²) in [7, 11) is 4.58. The smallest absolute Gasteiger partial charge is 0.0224 e. The lowest BCUT2D eigenvalue weighted by Crippen LogP contribution is -2.54. The zero-order valence-corrected chi connectivity index (χ0v) is 11.1. The molecule has 0 saturated carbocycles. The molecular formula is C13H27N3. The molecule has 1 N–H and O–H groups in total. The van der Waals surface area contributed by atoms with Crippen LogP contribution >= 0.6 is 0 Å². The van der Waals surface area contributed by atoms with Crippen LogP contribution in [0.2, 0.25) is 0 Å². The Morgan fingerprint density at radius 2 is 2.06 bits per heavy atom. The van der Waals surface area contributed by atoms with Crippen LogP contribution in [0.4, 0.5) is 0 Å². The van der Waals surface area contributed by atoms with Gasteiger partial charge in [0.05, 0.1) is 0 Å². The van der Waals surface area contributed by atoms with Crippen LogP contribution in [-0.2, 0) is 0 Å². The molecule has 0 aliphatic carbocycles. The summed E-state index contributed by atoms with van der Waals surface area (Å²) < 4.78 is 0. The third kappa shape index (κ3) is 2.96. The largest absolute Gasteiger partial charge is 0.315 e. The minimum Gasteiger partial charge on any atom is -0.315 e. The van der Waals surface area contributed by atoms with Gasteiger partial charge in [-0.1, -0.05) is 6.92 Å². The first-order valence-electron chi connectivity index (χ1n) is 6.78. The van der Waals surface area contributed by atoms with Crippen molar-refractivity contribution in [2.75, 3.05) is 40.3 Å². The molecule has 2 saturated heterocycles. The van der Waals surface area contributed by atoms with Crippen molar-refractivity contribution < 1.29 is 0 Å². The van der Waals surface area contributed by atoms with Crippen LogP contribution in [0.15, 0.2) is 0 Å². The Morgan fingerprint density at radius 1 is 1.25 bits per heavy atom. The van der Waals surface area contributed by atoms with E-state index in [0.29, 0.717) is 0 Å². The summed E-state index contributed by atoms with van der Waals surface area (Å²) in [6.07, 6.45) is 4.11. The number of hydrogen-bond donors (Lipinski definition) is 1. The van der Waals surface area contributed by atoms with Crippen molar-refractivity contribution in [3.8, 4) is 0 Å². The quantitative estimate of drug-likeness (QED) is 0.757. The second-order valence-corrected chi connectivity index (χ2v) is 5.88. The Kier molecular flexibility index (Phi) is 4.22. The molecule has 0 spiro atoms. The van der Waals surface area contributed by atoms with Crippen LogP contribution in [0.25, 0.3) is 0 Å². The molecule has 2 heterocycles. The van der Waals surface area contributed by atoms with E-state index in [1.807, 2.05) is 0 Å². The molecule has 2 fully saturated rings. The van der Waals surface area contributed by atoms with Crippen molar-refractivity contribution in [2.24, 2.45) is 5.92 Å². The predicted molar refractivity (Wildman–Crippen MR) is 68.7 cm³/mol. The molecule has 0 amide bonds. The highest BCUT2D eigenvalue weighted by molar-refractivity contribution is 4.86. The van der Waals surface area contributed by atoms with Gasteiger partial charge in [-0.05, 0) is 52.4 Å². The Hall–Kier alpha value is -0.120. The van der Waals surface area contributed by atoms with Crippen LogP contribution in [0, 0.1) is 5.92 Å². The second-order valence-electron chi connectivity index (χ2n) is 5.88. The van der Waals surface area contributed by atoms with Crippen molar-refractivity contribution in [2.45, 2.75) is 38.3 Å². The highest BCUT2D eigenvalue weighted by Crippen LogP contribution is 2.20. The summed E-state index contributed by atoms with van der Waals surface area (Å²) in [4.78, 5) is 5.11. The fourth-order valence-electron chi connectivity index (χ4n) is 3.21. The van der Waals surface area contributed by atoms with Crippen molar-refractivity contribution in [3.63, 3.8) is 0 Å². The van der Waals surface area contributed by atoms with E-state index in [1.165, 1.54) is 45.4 Å². The number of likely N-dealkylation sites (tertiary alicyclic amines) is 1. The summed E-state index contributed by atoms with van der Waals surface area (Å²) in [6.45, 7) is 7.28. The van der Waals surface area contributed by atoms with Crippen molar-refractivity contribution in [1.29, 1.82) is 0 Å². The van der Waals surface area contributed by atoms with Crippen LogP contribution in [0.5, 0.6) is 0 Å². The molecule has 0 aromatic rings. The second kappa shape index (κ2) is 5.48. The van der Waals surface area contributed by atoms with Crippen LogP contribution in [-0.4, -0.2) is 62.2 Å². The molecular weight excluding hydrogens is 198 g/mol. The number of rotatable bonds is 2. The molecule has 0 radical (unpaired) electrons. The standard InChI is InChI=1S/C13H27N3/c1-11-7-13(9-14-8-11)16(3)12-5-4-6-15(2)10-12/h11-14H,4-10H2,1-3H3. The van der Waals surface area contributed by atoms with Gasteiger partial charge in [0.1, 0.15) is 0 Å². The average molecular weight is 225 g/mol. The SMILES string of the molecule is CC1CNCC(N(C)C2CCCN(C)C2)C1. The van der Waals surface area contributed by atoms with E-state index >= 15 is 0 Å². The summed E-state index contributed by atoms with van der Waals surface area (Å²) in [5.74, 6) is 0.836. The van der Waals surface area contributed by atoms with Gasteiger partial charge in [-0.25, -0.2) is 0 Å². The summed E-state index contributed by atoms with van der Waals surface area (Å²) in [5, 5.41) is 3.56. The first kappa shape index (κ1) is 12.3. The first-order valence-corrected chi connectivity index (χ1v) is 6.78. The lowest BCUT2D eigenvalue weighted by Gasteiger charge is -2.42. The molecule has 94 valence electrons. The fraction of sp³-hybridized carbons (Fsp3) is 1.00. The zero-order chi connectivity index (χ0) is 11.5. The van der Waals surface area contributed by atoms with E-state index in [1.54, 1.807) is 0 Å². The Labute approximate surface area is 100 Å². The summed E-state index contributed by atoms with van der Waals surface area (Å²) >= 11 is 0. The number of nitrogens with one attached hydrogen (secondary N) is 1. The summed E-state index contributed by atoms with van der Waals surface area (Å²) in [5.41, 5.74) is 0. The minimum atomic E-state index is 0.750. The third-order valence-corrected chi connectivity index (χ3v) is 4.30. The monoisotopic (exact) mass is 225 g/mol. The van der Waals surface area contributed by atoms with Crippen LogP contribution < -0.4 is 5.32 Å². The van der Waals surface area contributed by atoms with Crippen molar-refractivity contribution in [1.82, 2.24) is 15.1 Å². The number of piperidine rings is 2. The van der Waals surface area contributed by atoms with E-state index in [-0.39, 0.29) is 0 Å². The first-order chi connectivity index (χ1) is 7.66. The molecule has 3 nitrogen and oxygen atoms in total. The van der Waals surface area contributed by atoms with Crippen LogP contribution in [0.1, 0.15) is 26.2 Å². The minimum absolute atomic E-state index is 0.750. The molecule has 2 aliphatic rings. The fourth-order valence-corrected chi connectivity index (χ4v) is 3.21. The molecule has 3 atom stereocenters. The number of likely N-dealkylation sites (N-methyl/N-ethyl adjacent to an activating group) is 2. The van der Waals surface area contributed by atoms with Gasteiger partial charge >= 0.3 is 0 Å². The van der Waals surface area contributed by atoms with E-state index in [0.717, 1.165) is 18.0 Å². The van der Waals surface area contributed by atoms with Gasteiger partial charge in [-0.3, -0.25) is 4.90 Å². The van der Waals surface area contributed by atoms with Gasteiger partial charge < -0.3 is 10.2 Å². The maximum Gasteiger partial charge on any atom is 0.0224 e. The van der Waals surface area contributed by atoms with E-state index in [4.69, 9.17) is 0 Å².